The quantitative estimate of drug-likeness (QED) is 0.311. The number of rotatable bonds is 1. The number of ether oxygens (including phenoxy) is 1. The Bertz CT molecular complexity index is 109. The van der Waals surface area contributed by atoms with Gasteiger partial charge in [-0.1, -0.05) is 0 Å². The van der Waals surface area contributed by atoms with Crippen molar-refractivity contribution in [1.82, 2.24) is 5.32 Å². The highest BCUT2D eigenvalue weighted by Crippen LogP contribution is 1.90. The lowest BCUT2D eigenvalue weighted by atomic mass is 10.2. The van der Waals surface area contributed by atoms with Gasteiger partial charge in [0.05, 0.1) is 19.3 Å². The van der Waals surface area contributed by atoms with Crippen LogP contribution in [-0.2, 0) is 4.74 Å². The zero-order chi connectivity index (χ0) is 6.69. The summed E-state index contributed by atoms with van der Waals surface area (Å²) in [5.41, 5.74) is 5.21. The Morgan fingerprint density at radius 2 is 2.56 bits per heavy atom. The maximum atomic E-state index is 7.02. The number of nitrogens with one attached hydrogen (secondary N) is 2. The fourth-order valence-corrected chi connectivity index (χ4v) is 0.765. The minimum atomic E-state index is -0.0567. The van der Waals surface area contributed by atoms with E-state index in [1.807, 2.05) is 0 Å². The molecule has 1 heterocycles. The average molecular weight is 129 g/mol. The molecule has 0 aromatic carbocycles. The van der Waals surface area contributed by atoms with Gasteiger partial charge in [0.15, 0.2) is 0 Å². The summed E-state index contributed by atoms with van der Waals surface area (Å²) in [5, 5.41) is 10.1. The molecule has 4 heteroatoms. The number of amidine groups is 1. The Morgan fingerprint density at radius 1 is 1.78 bits per heavy atom. The van der Waals surface area contributed by atoms with Gasteiger partial charge in [0.1, 0.15) is 5.84 Å². The number of morpholine rings is 1. The Kier molecular flexibility index (Phi) is 2.02. The first-order valence-electron chi connectivity index (χ1n) is 2.96. The molecule has 0 amide bonds. The number of hydrogen-bond donors (Lipinski definition) is 3. The maximum absolute atomic E-state index is 7.02. The van der Waals surface area contributed by atoms with Gasteiger partial charge < -0.3 is 15.8 Å². The van der Waals surface area contributed by atoms with Crippen LogP contribution in [0.5, 0.6) is 0 Å². The van der Waals surface area contributed by atoms with Crippen LogP contribution in [0.25, 0.3) is 0 Å². The van der Waals surface area contributed by atoms with Gasteiger partial charge in [-0.25, -0.2) is 0 Å². The van der Waals surface area contributed by atoms with Gasteiger partial charge in [-0.15, -0.1) is 0 Å². The molecule has 0 aliphatic carbocycles. The van der Waals surface area contributed by atoms with Crippen LogP contribution in [0.4, 0.5) is 0 Å². The van der Waals surface area contributed by atoms with E-state index in [0.717, 1.165) is 13.2 Å². The molecule has 0 saturated carbocycles. The molecule has 0 bridgehead atoms. The fraction of sp³-hybridized carbons (Fsp3) is 0.800. The van der Waals surface area contributed by atoms with E-state index in [1.165, 1.54) is 0 Å². The van der Waals surface area contributed by atoms with Gasteiger partial charge in [-0.3, -0.25) is 5.41 Å². The van der Waals surface area contributed by atoms with Crippen LogP contribution in [0.2, 0.25) is 0 Å². The fourth-order valence-electron chi connectivity index (χ4n) is 0.765. The van der Waals surface area contributed by atoms with Crippen LogP contribution in [0.1, 0.15) is 0 Å². The van der Waals surface area contributed by atoms with Crippen molar-refractivity contribution in [2.24, 2.45) is 5.73 Å². The van der Waals surface area contributed by atoms with Gasteiger partial charge in [0.25, 0.3) is 0 Å². The molecule has 1 atom stereocenters. The molecule has 0 aromatic heterocycles. The van der Waals surface area contributed by atoms with Crippen molar-refractivity contribution in [2.45, 2.75) is 6.04 Å². The summed E-state index contributed by atoms with van der Waals surface area (Å²) in [5.74, 6) is 0.162. The molecule has 4 N–H and O–H groups in total. The average Bonchev–Trinajstić information content (AvgIpc) is 1.90. The van der Waals surface area contributed by atoms with Crippen LogP contribution < -0.4 is 11.1 Å². The second-order valence-corrected chi connectivity index (χ2v) is 2.04. The topological polar surface area (TPSA) is 71.1 Å². The molecule has 1 aliphatic heterocycles. The lowest BCUT2D eigenvalue weighted by Gasteiger charge is -2.22. The van der Waals surface area contributed by atoms with E-state index < -0.39 is 0 Å². The molecule has 1 saturated heterocycles. The van der Waals surface area contributed by atoms with E-state index in [9.17, 15) is 0 Å². The van der Waals surface area contributed by atoms with Gasteiger partial charge in [-0.05, 0) is 0 Å². The van der Waals surface area contributed by atoms with Crippen molar-refractivity contribution < 1.29 is 4.74 Å². The second kappa shape index (κ2) is 2.80. The maximum Gasteiger partial charge on any atom is 0.110 e. The standard InChI is InChI=1S/C5H11N3O/c6-5(7)4-3-9-2-1-8-4/h4,8H,1-3H2,(H3,6,7). The van der Waals surface area contributed by atoms with Crippen molar-refractivity contribution in [2.75, 3.05) is 19.8 Å². The highest BCUT2D eigenvalue weighted by molar-refractivity contribution is 5.82. The first-order chi connectivity index (χ1) is 4.30. The molecule has 9 heavy (non-hydrogen) atoms. The largest absolute Gasteiger partial charge is 0.386 e. The van der Waals surface area contributed by atoms with E-state index in [0.29, 0.717) is 6.61 Å². The van der Waals surface area contributed by atoms with Gasteiger partial charge >= 0.3 is 0 Å². The van der Waals surface area contributed by atoms with Crippen LogP contribution in [0, 0.1) is 5.41 Å². The zero-order valence-electron chi connectivity index (χ0n) is 5.18. The molecule has 4 nitrogen and oxygen atoms in total. The summed E-state index contributed by atoms with van der Waals surface area (Å²) >= 11 is 0. The predicted octanol–water partition coefficient (Wildman–Crippen LogP) is -1.09. The van der Waals surface area contributed by atoms with Crippen LogP contribution in [0.3, 0.4) is 0 Å². The van der Waals surface area contributed by atoms with E-state index in [4.69, 9.17) is 15.9 Å². The lowest BCUT2D eigenvalue weighted by molar-refractivity contribution is 0.0944. The normalized spacial score (nSPS) is 27.8. The molecule has 1 fully saturated rings. The van der Waals surface area contributed by atoms with Gasteiger partial charge in [-0.2, -0.15) is 0 Å². The van der Waals surface area contributed by atoms with Crippen molar-refractivity contribution >= 4 is 5.84 Å². The SMILES string of the molecule is N=C(N)C1COCCN1. The number of hydrogen-bond acceptors (Lipinski definition) is 3. The summed E-state index contributed by atoms with van der Waals surface area (Å²) in [6, 6.07) is -0.0567. The van der Waals surface area contributed by atoms with Crippen molar-refractivity contribution in [3.8, 4) is 0 Å². The van der Waals surface area contributed by atoms with Gasteiger partial charge in [0.2, 0.25) is 0 Å². The first kappa shape index (κ1) is 6.51. The molecule has 0 aromatic rings. The summed E-state index contributed by atoms with van der Waals surface area (Å²) in [4.78, 5) is 0. The summed E-state index contributed by atoms with van der Waals surface area (Å²) in [6.45, 7) is 2.06. The molecule has 1 aliphatic rings. The summed E-state index contributed by atoms with van der Waals surface area (Å²) in [7, 11) is 0. The summed E-state index contributed by atoms with van der Waals surface area (Å²) < 4.78 is 5.06. The van der Waals surface area contributed by atoms with Crippen LogP contribution >= 0.6 is 0 Å². The highest BCUT2D eigenvalue weighted by Gasteiger charge is 2.14. The third-order valence-electron chi connectivity index (χ3n) is 1.30. The summed E-state index contributed by atoms with van der Waals surface area (Å²) in [6.07, 6.45) is 0. The Balaban J connectivity index is 2.31. The highest BCUT2D eigenvalue weighted by atomic mass is 16.5. The molecule has 1 unspecified atom stereocenters. The lowest BCUT2D eigenvalue weighted by Crippen LogP contribution is -2.49. The monoisotopic (exact) mass is 129 g/mol. The van der Waals surface area contributed by atoms with Crippen molar-refractivity contribution in [3.05, 3.63) is 0 Å². The van der Waals surface area contributed by atoms with E-state index in [2.05, 4.69) is 5.32 Å². The van der Waals surface area contributed by atoms with E-state index in [1.54, 1.807) is 0 Å². The molecule has 52 valence electrons. The minimum Gasteiger partial charge on any atom is -0.386 e. The van der Waals surface area contributed by atoms with Crippen molar-refractivity contribution in [1.29, 1.82) is 5.41 Å². The Labute approximate surface area is 53.9 Å². The predicted molar refractivity (Wildman–Crippen MR) is 34.5 cm³/mol. The molecule has 0 spiro atoms. The van der Waals surface area contributed by atoms with Gasteiger partial charge in [0, 0.05) is 6.54 Å². The van der Waals surface area contributed by atoms with Crippen molar-refractivity contribution in [3.63, 3.8) is 0 Å². The Hall–Kier alpha value is -0.610. The second-order valence-electron chi connectivity index (χ2n) is 2.04. The van der Waals surface area contributed by atoms with E-state index >= 15 is 0 Å². The van der Waals surface area contributed by atoms with Crippen LogP contribution in [-0.4, -0.2) is 31.6 Å². The first-order valence-corrected chi connectivity index (χ1v) is 2.96. The molecule has 1 rings (SSSR count). The third-order valence-corrected chi connectivity index (χ3v) is 1.30. The molecular formula is C5H11N3O. The Morgan fingerprint density at radius 3 is 2.89 bits per heavy atom. The zero-order valence-corrected chi connectivity index (χ0v) is 5.18. The number of nitrogens with two attached hydrogens (primary N) is 1. The molecular weight excluding hydrogens is 118 g/mol. The minimum absolute atomic E-state index is 0.0567. The molecule has 0 radical (unpaired) electrons. The smallest absolute Gasteiger partial charge is 0.110 e. The third kappa shape index (κ3) is 1.65. The van der Waals surface area contributed by atoms with E-state index in [-0.39, 0.29) is 11.9 Å². The van der Waals surface area contributed by atoms with Crippen LogP contribution in [0.15, 0.2) is 0 Å².